The second kappa shape index (κ2) is 10.5. The molecule has 1 saturated heterocycles. The Hall–Kier alpha value is -4.15. The second-order valence-electron chi connectivity index (χ2n) is 9.23. The number of ether oxygens (including phenoxy) is 2. The average Bonchev–Trinajstić information content (AvgIpc) is 3.51. The molecule has 8 nitrogen and oxygen atoms in total. The van der Waals surface area contributed by atoms with Crippen LogP contribution in [0.4, 0.5) is 5.82 Å². The minimum Gasteiger partial charge on any atom is -0.454 e. The van der Waals surface area contributed by atoms with Gasteiger partial charge in [0.05, 0.1) is 17.0 Å². The number of thioether (sulfide) groups is 1. The van der Waals surface area contributed by atoms with Crippen LogP contribution in [0.15, 0.2) is 76.6 Å². The first-order valence-electron chi connectivity index (χ1n) is 12.4. The number of carbonyl (C=O) groups is 1. The first-order chi connectivity index (χ1) is 19.0. The predicted molar refractivity (Wildman–Crippen MR) is 156 cm³/mol. The molecule has 4 heterocycles. The van der Waals surface area contributed by atoms with Crippen LogP contribution in [0.5, 0.6) is 11.5 Å². The van der Waals surface area contributed by atoms with Crippen molar-refractivity contribution in [3.05, 3.63) is 104 Å². The Morgan fingerprint density at radius 2 is 1.87 bits per heavy atom. The Morgan fingerprint density at radius 3 is 2.72 bits per heavy atom. The summed E-state index contributed by atoms with van der Waals surface area (Å²) in [5, 5.41) is 3.32. The van der Waals surface area contributed by atoms with Crippen molar-refractivity contribution in [1.29, 1.82) is 0 Å². The molecule has 1 N–H and O–H groups in total. The van der Waals surface area contributed by atoms with Crippen molar-refractivity contribution in [3.8, 4) is 11.5 Å². The van der Waals surface area contributed by atoms with Gasteiger partial charge >= 0.3 is 0 Å². The number of carbonyl (C=O) groups excluding carboxylic acids is 1. The molecule has 2 aromatic carbocycles. The number of hydrogen-bond acceptors (Lipinski definition) is 8. The van der Waals surface area contributed by atoms with E-state index in [2.05, 4.69) is 17.4 Å². The molecule has 0 radical (unpaired) electrons. The predicted octanol–water partition coefficient (Wildman–Crippen LogP) is 4.79. The Kier molecular flexibility index (Phi) is 6.80. The monoisotopic (exact) mass is 556 g/mol. The molecule has 0 unspecified atom stereocenters. The van der Waals surface area contributed by atoms with Gasteiger partial charge in [0, 0.05) is 12.7 Å². The molecule has 0 bridgehead atoms. The highest BCUT2D eigenvalue weighted by molar-refractivity contribution is 8.26. The maximum atomic E-state index is 13.6. The molecular formula is C29H24N4O4S2. The molecule has 6 rings (SSSR count). The minimum atomic E-state index is -0.258. The molecule has 2 aromatic heterocycles. The zero-order valence-corrected chi connectivity index (χ0v) is 22.7. The molecule has 2 aliphatic heterocycles. The zero-order chi connectivity index (χ0) is 26.9. The van der Waals surface area contributed by atoms with Gasteiger partial charge in [-0.2, -0.15) is 0 Å². The van der Waals surface area contributed by atoms with E-state index >= 15 is 0 Å². The third-order valence-electron chi connectivity index (χ3n) is 6.48. The Morgan fingerprint density at radius 1 is 1.05 bits per heavy atom. The quantitative estimate of drug-likeness (QED) is 0.257. The van der Waals surface area contributed by atoms with E-state index in [4.69, 9.17) is 26.7 Å². The summed E-state index contributed by atoms with van der Waals surface area (Å²) in [5.74, 6) is 1.49. The average molecular weight is 557 g/mol. The van der Waals surface area contributed by atoms with Crippen LogP contribution < -0.4 is 20.3 Å². The molecule has 4 aromatic rings. The first-order valence-corrected chi connectivity index (χ1v) is 13.6. The molecule has 0 saturated carbocycles. The molecule has 1 amide bonds. The van der Waals surface area contributed by atoms with Crippen molar-refractivity contribution in [2.24, 2.45) is 0 Å². The van der Waals surface area contributed by atoms with Crippen LogP contribution in [0.25, 0.3) is 11.7 Å². The van der Waals surface area contributed by atoms with E-state index in [9.17, 15) is 9.59 Å². The fourth-order valence-electron chi connectivity index (χ4n) is 4.48. The number of nitrogens with one attached hydrogen (secondary N) is 1. The van der Waals surface area contributed by atoms with Crippen LogP contribution in [0, 0.1) is 6.92 Å². The van der Waals surface area contributed by atoms with Gasteiger partial charge in [-0.15, -0.1) is 0 Å². The van der Waals surface area contributed by atoms with E-state index in [-0.39, 0.29) is 24.8 Å². The molecule has 2 aliphatic rings. The fraction of sp³-hybridized carbons (Fsp3) is 0.172. The zero-order valence-electron chi connectivity index (χ0n) is 21.0. The molecule has 0 aliphatic carbocycles. The van der Waals surface area contributed by atoms with E-state index < -0.39 is 0 Å². The number of aryl methyl sites for hydroxylation is 1. The first kappa shape index (κ1) is 25.1. The van der Waals surface area contributed by atoms with Gasteiger partial charge < -0.3 is 14.8 Å². The van der Waals surface area contributed by atoms with Crippen molar-refractivity contribution in [2.75, 3.05) is 18.7 Å². The minimum absolute atomic E-state index is 0.180. The van der Waals surface area contributed by atoms with Gasteiger partial charge in [0.15, 0.2) is 11.5 Å². The maximum absolute atomic E-state index is 13.6. The van der Waals surface area contributed by atoms with Crippen LogP contribution in [0.2, 0.25) is 0 Å². The van der Waals surface area contributed by atoms with Crippen molar-refractivity contribution in [1.82, 2.24) is 14.3 Å². The standard InChI is InChI=1S/C29H24N4O4S2/c1-18-7-10-25-31-26(30-12-11-19-5-3-2-4-6-19)21(27(34)32(25)15-18)14-24-28(35)33(29(38)39-24)16-20-8-9-22-23(13-20)37-17-36-22/h2-10,13-15,30H,11-12,16-17H2,1H3. The lowest BCUT2D eigenvalue weighted by Gasteiger charge is -2.15. The van der Waals surface area contributed by atoms with Crippen LogP contribution in [0.3, 0.4) is 0 Å². The fourth-order valence-corrected chi connectivity index (χ4v) is 5.72. The lowest BCUT2D eigenvalue weighted by molar-refractivity contribution is -0.122. The molecule has 196 valence electrons. The third kappa shape index (κ3) is 5.13. The number of pyridine rings is 1. The normalized spacial score (nSPS) is 15.5. The van der Waals surface area contributed by atoms with Gasteiger partial charge in [0.25, 0.3) is 11.5 Å². The lowest BCUT2D eigenvalue weighted by Crippen LogP contribution is -2.27. The number of hydrogen-bond donors (Lipinski definition) is 1. The molecule has 1 fully saturated rings. The van der Waals surface area contributed by atoms with Crippen molar-refractivity contribution in [3.63, 3.8) is 0 Å². The summed E-state index contributed by atoms with van der Waals surface area (Å²) in [4.78, 5) is 33.7. The molecule has 0 spiro atoms. The topological polar surface area (TPSA) is 85.2 Å². The number of benzene rings is 2. The Bertz CT molecular complexity index is 1700. The second-order valence-corrected chi connectivity index (χ2v) is 10.9. The Balaban J connectivity index is 1.31. The summed E-state index contributed by atoms with van der Waals surface area (Å²) in [6.07, 6.45) is 4.11. The maximum Gasteiger partial charge on any atom is 0.267 e. The number of fused-ring (bicyclic) bond motifs is 2. The number of anilines is 1. The summed E-state index contributed by atoms with van der Waals surface area (Å²) >= 11 is 6.73. The number of aromatic nitrogens is 2. The van der Waals surface area contributed by atoms with Crippen LogP contribution in [0.1, 0.15) is 22.3 Å². The number of nitrogens with zero attached hydrogens (tertiary/aromatic N) is 3. The summed E-state index contributed by atoms with van der Waals surface area (Å²) in [6, 6.07) is 19.4. The summed E-state index contributed by atoms with van der Waals surface area (Å²) < 4.78 is 12.8. The lowest BCUT2D eigenvalue weighted by atomic mass is 10.1. The van der Waals surface area contributed by atoms with Crippen molar-refractivity contribution < 1.29 is 14.3 Å². The van der Waals surface area contributed by atoms with Gasteiger partial charge in [-0.3, -0.25) is 18.9 Å². The van der Waals surface area contributed by atoms with Gasteiger partial charge in [0.2, 0.25) is 6.79 Å². The number of thiocarbonyl (C=S) groups is 1. The molecule has 39 heavy (non-hydrogen) atoms. The van der Waals surface area contributed by atoms with Gasteiger partial charge in [-0.1, -0.05) is 66.4 Å². The van der Waals surface area contributed by atoms with Gasteiger partial charge in [0.1, 0.15) is 15.8 Å². The third-order valence-corrected chi connectivity index (χ3v) is 7.86. The van der Waals surface area contributed by atoms with E-state index in [1.165, 1.54) is 26.6 Å². The smallest absolute Gasteiger partial charge is 0.267 e. The summed E-state index contributed by atoms with van der Waals surface area (Å²) in [7, 11) is 0. The Labute approximate surface area is 234 Å². The van der Waals surface area contributed by atoms with E-state index in [0.717, 1.165) is 17.5 Å². The largest absolute Gasteiger partial charge is 0.454 e. The van der Waals surface area contributed by atoms with Crippen LogP contribution in [-0.4, -0.2) is 37.8 Å². The summed E-state index contributed by atoms with van der Waals surface area (Å²) in [6.45, 7) is 2.96. The highest BCUT2D eigenvalue weighted by Gasteiger charge is 2.33. The number of rotatable bonds is 7. The molecule has 0 atom stereocenters. The van der Waals surface area contributed by atoms with Crippen molar-refractivity contribution >= 4 is 51.7 Å². The summed E-state index contributed by atoms with van der Waals surface area (Å²) in [5.41, 5.74) is 3.55. The highest BCUT2D eigenvalue weighted by atomic mass is 32.2. The number of amides is 1. The van der Waals surface area contributed by atoms with E-state index in [0.29, 0.717) is 44.3 Å². The molecule has 10 heteroatoms. The van der Waals surface area contributed by atoms with Gasteiger partial charge in [-0.25, -0.2) is 4.98 Å². The van der Waals surface area contributed by atoms with E-state index in [1.54, 1.807) is 12.3 Å². The van der Waals surface area contributed by atoms with Crippen LogP contribution >= 0.6 is 24.0 Å². The van der Waals surface area contributed by atoms with E-state index in [1.807, 2.05) is 55.5 Å². The molecular weight excluding hydrogens is 532 g/mol. The highest BCUT2D eigenvalue weighted by Crippen LogP contribution is 2.36. The van der Waals surface area contributed by atoms with Crippen molar-refractivity contribution in [2.45, 2.75) is 19.9 Å². The van der Waals surface area contributed by atoms with Gasteiger partial charge in [-0.05, 0) is 54.3 Å². The SMILES string of the molecule is Cc1ccc2nc(NCCc3ccccc3)c(C=C3SC(=S)N(Cc4ccc5c(c4)OCO5)C3=O)c(=O)n2c1. The van der Waals surface area contributed by atoms with Crippen LogP contribution in [-0.2, 0) is 17.8 Å².